The molecular weight excluding hydrogens is 266 g/mol. The van der Waals surface area contributed by atoms with Gasteiger partial charge in [-0.2, -0.15) is 0 Å². The van der Waals surface area contributed by atoms with Crippen LogP contribution in [0.25, 0.3) is 0 Å². The molecule has 1 aromatic heterocycles. The van der Waals surface area contributed by atoms with Crippen molar-refractivity contribution in [2.45, 2.75) is 24.0 Å². The second-order valence-corrected chi connectivity index (χ2v) is 4.46. The fourth-order valence-corrected chi connectivity index (χ4v) is 2.34. The molecule has 1 fully saturated rings. The Bertz CT molecular complexity index is 645. The number of aliphatic hydroxyl groups excluding tert-OH is 1. The van der Waals surface area contributed by atoms with E-state index in [1.54, 1.807) is 0 Å². The summed E-state index contributed by atoms with van der Waals surface area (Å²) in [4.78, 5) is 25.0. The Hall–Kier alpha value is -1.92. The van der Waals surface area contributed by atoms with Crippen LogP contribution in [-0.2, 0) is 9.47 Å². The standard InChI is InChI=1S/C12H15N3O5/c1-3-12(13)9(19-2)7(6-16)20-10(12)15-5-4-8(17)14-11(15)18/h1,4-5,7,9-10,16H,6,13H2,2H3,(H,14,17,18)/t7-,9+,10-,12?/m1/s1. The van der Waals surface area contributed by atoms with E-state index in [-0.39, 0.29) is 6.61 Å². The average Bonchev–Trinajstić information content (AvgIpc) is 2.72. The zero-order valence-electron chi connectivity index (χ0n) is 10.8. The molecule has 0 saturated carbocycles. The topological polar surface area (TPSA) is 120 Å². The van der Waals surface area contributed by atoms with Crippen LogP contribution in [-0.4, -0.2) is 46.1 Å². The van der Waals surface area contributed by atoms with E-state index < -0.39 is 35.2 Å². The number of ether oxygens (including phenoxy) is 2. The lowest BCUT2D eigenvalue weighted by Crippen LogP contribution is -2.55. The van der Waals surface area contributed by atoms with Gasteiger partial charge in [0.15, 0.2) is 11.8 Å². The van der Waals surface area contributed by atoms with Crippen molar-refractivity contribution >= 4 is 0 Å². The van der Waals surface area contributed by atoms with Crippen LogP contribution in [0.1, 0.15) is 6.23 Å². The van der Waals surface area contributed by atoms with Crippen LogP contribution in [0.4, 0.5) is 0 Å². The predicted octanol–water partition coefficient (Wildman–Crippen LogP) is -2.23. The molecule has 2 rings (SSSR count). The summed E-state index contributed by atoms with van der Waals surface area (Å²) in [5.41, 5.74) is 3.41. The molecule has 0 aliphatic carbocycles. The van der Waals surface area contributed by atoms with Crippen LogP contribution < -0.4 is 17.0 Å². The van der Waals surface area contributed by atoms with Crippen molar-refractivity contribution < 1.29 is 14.6 Å². The third-order valence-electron chi connectivity index (χ3n) is 3.31. The molecule has 1 aliphatic heterocycles. The number of aliphatic hydroxyl groups is 1. The van der Waals surface area contributed by atoms with Gasteiger partial charge in [-0.25, -0.2) is 4.79 Å². The molecule has 1 saturated heterocycles. The monoisotopic (exact) mass is 281 g/mol. The fourth-order valence-electron chi connectivity index (χ4n) is 2.34. The summed E-state index contributed by atoms with van der Waals surface area (Å²) < 4.78 is 11.8. The van der Waals surface area contributed by atoms with Crippen molar-refractivity contribution in [3.63, 3.8) is 0 Å². The Morgan fingerprint density at radius 2 is 2.40 bits per heavy atom. The van der Waals surface area contributed by atoms with Crippen LogP contribution in [0.2, 0.25) is 0 Å². The Morgan fingerprint density at radius 1 is 1.70 bits per heavy atom. The molecule has 0 amide bonds. The molecule has 0 aromatic carbocycles. The summed E-state index contributed by atoms with van der Waals surface area (Å²) in [6.07, 6.45) is 4.07. The lowest BCUT2D eigenvalue weighted by atomic mass is 9.92. The summed E-state index contributed by atoms with van der Waals surface area (Å²) in [6.45, 7) is -0.367. The SMILES string of the molecule is C#CC1(N)[C@@H](OC)[C@@H](CO)O[C@H]1n1ccc(=O)[nH]c1=O. The fraction of sp³-hybridized carbons (Fsp3) is 0.500. The first-order chi connectivity index (χ1) is 9.47. The van der Waals surface area contributed by atoms with Gasteiger partial charge in [0.2, 0.25) is 0 Å². The van der Waals surface area contributed by atoms with E-state index in [9.17, 15) is 14.7 Å². The predicted molar refractivity (Wildman–Crippen MR) is 68.9 cm³/mol. The number of nitrogens with one attached hydrogen (secondary N) is 1. The summed E-state index contributed by atoms with van der Waals surface area (Å²) >= 11 is 0. The van der Waals surface area contributed by atoms with E-state index >= 15 is 0 Å². The van der Waals surface area contributed by atoms with E-state index in [1.165, 1.54) is 13.3 Å². The normalized spacial score (nSPS) is 33.0. The molecule has 1 aromatic rings. The second-order valence-electron chi connectivity index (χ2n) is 4.46. The first-order valence-corrected chi connectivity index (χ1v) is 5.85. The number of aromatic nitrogens is 2. The Balaban J connectivity index is 2.53. The first kappa shape index (κ1) is 14.5. The van der Waals surface area contributed by atoms with E-state index in [4.69, 9.17) is 21.6 Å². The maximum atomic E-state index is 11.8. The van der Waals surface area contributed by atoms with Crippen molar-refractivity contribution in [1.82, 2.24) is 9.55 Å². The quantitative estimate of drug-likeness (QED) is 0.539. The minimum absolute atomic E-state index is 0.367. The van der Waals surface area contributed by atoms with E-state index in [0.29, 0.717) is 0 Å². The van der Waals surface area contributed by atoms with Gasteiger partial charge in [0, 0.05) is 19.4 Å². The molecule has 4 N–H and O–H groups in total. The molecule has 20 heavy (non-hydrogen) atoms. The molecular formula is C12H15N3O5. The number of H-pyrrole nitrogens is 1. The molecule has 108 valence electrons. The lowest BCUT2D eigenvalue weighted by molar-refractivity contribution is -0.0540. The van der Waals surface area contributed by atoms with Crippen molar-refractivity contribution in [2.24, 2.45) is 5.73 Å². The molecule has 1 aliphatic rings. The largest absolute Gasteiger partial charge is 0.394 e. The van der Waals surface area contributed by atoms with Gasteiger partial charge in [0.25, 0.3) is 5.56 Å². The van der Waals surface area contributed by atoms with Crippen LogP contribution in [0.15, 0.2) is 21.9 Å². The van der Waals surface area contributed by atoms with Crippen molar-refractivity contribution in [3.8, 4) is 12.3 Å². The van der Waals surface area contributed by atoms with E-state index in [1.807, 2.05) is 0 Å². The highest BCUT2D eigenvalue weighted by molar-refractivity contribution is 5.23. The smallest absolute Gasteiger partial charge is 0.330 e. The van der Waals surface area contributed by atoms with Gasteiger partial charge in [-0.1, -0.05) is 5.92 Å². The number of aromatic amines is 1. The van der Waals surface area contributed by atoms with Gasteiger partial charge in [0.05, 0.1) is 6.61 Å². The highest BCUT2D eigenvalue weighted by atomic mass is 16.6. The minimum atomic E-state index is -1.45. The Labute approximate surface area is 114 Å². The number of hydrogen-bond acceptors (Lipinski definition) is 6. The molecule has 1 unspecified atom stereocenters. The highest BCUT2D eigenvalue weighted by Crippen LogP contribution is 2.36. The number of nitrogens with zero attached hydrogens (tertiary/aromatic N) is 1. The zero-order valence-corrected chi connectivity index (χ0v) is 10.8. The maximum absolute atomic E-state index is 11.8. The second kappa shape index (κ2) is 5.22. The molecule has 0 spiro atoms. The van der Waals surface area contributed by atoms with Gasteiger partial charge in [-0.3, -0.25) is 14.3 Å². The van der Waals surface area contributed by atoms with Gasteiger partial charge >= 0.3 is 5.69 Å². The van der Waals surface area contributed by atoms with Gasteiger partial charge in [0.1, 0.15) is 12.2 Å². The third-order valence-corrected chi connectivity index (χ3v) is 3.31. The van der Waals surface area contributed by atoms with E-state index in [2.05, 4.69) is 10.9 Å². The summed E-state index contributed by atoms with van der Waals surface area (Å²) in [7, 11) is 1.38. The maximum Gasteiger partial charge on any atom is 0.330 e. The minimum Gasteiger partial charge on any atom is -0.394 e. The number of rotatable bonds is 3. The Kier molecular flexibility index (Phi) is 3.78. The van der Waals surface area contributed by atoms with Gasteiger partial charge < -0.3 is 20.3 Å². The van der Waals surface area contributed by atoms with Gasteiger partial charge in [-0.05, 0) is 0 Å². The van der Waals surface area contributed by atoms with Crippen molar-refractivity contribution in [3.05, 3.63) is 33.1 Å². The van der Waals surface area contributed by atoms with Crippen LogP contribution >= 0.6 is 0 Å². The number of nitrogens with two attached hydrogens (primary N) is 1. The first-order valence-electron chi connectivity index (χ1n) is 5.85. The number of hydrogen-bond donors (Lipinski definition) is 3. The van der Waals surface area contributed by atoms with Crippen molar-refractivity contribution in [2.75, 3.05) is 13.7 Å². The molecule has 0 bridgehead atoms. The lowest BCUT2D eigenvalue weighted by Gasteiger charge is -2.29. The molecule has 8 nitrogen and oxygen atoms in total. The third kappa shape index (κ3) is 2.07. The molecule has 8 heteroatoms. The highest BCUT2D eigenvalue weighted by Gasteiger charge is 2.55. The zero-order chi connectivity index (χ0) is 14.9. The Morgan fingerprint density at radius 3 is 2.90 bits per heavy atom. The summed E-state index contributed by atoms with van der Waals surface area (Å²) in [6, 6.07) is 1.15. The summed E-state index contributed by atoms with van der Waals surface area (Å²) in [5.74, 6) is 2.36. The van der Waals surface area contributed by atoms with Crippen LogP contribution in [0.3, 0.4) is 0 Å². The molecule has 4 atom stereocenters. The van der Waals surface area contributed by atoms with E-state index in [0.717, 1.165) is 10.6 Å². The van der Waals surface area contributed by atoms with Crippen LogP contribution in [0, 0.1) is 12.3 Å². The number of methoxy groups -OCH3 is 1. The molecule has 0 radical (unpaired) electrons. The van der Waals surface area contributed by atoms with Gasteiger partial charge in [-0.15, -0.1) is 6.42 Å². The number of terminal acetylenes is 1. The van der Waals surface area contributed by atoms with Crippen molar-refractivity contribution in [1.29, 1.82) is 0 Å². The van der Waals surface area contributed by atoms with Crippen LogP contribution in [0.5, 0.6) is 0 Å². The average molecular weight is 281 g/mol. The summed E-state index contributed by atoms with van der Waals surface area (Å²) in [5, 5.41) is 9.30. The molecule has 2 heterocycles.